The highest BCUT2D eigenvalue weighted by Gasteiger charge is 2.39. The van der Waals surface area contributed by atoms with Gasteiger partial charge in [-0.05, 0) is 43.9 Å². The minimum absolute atomic E-state index is 0.251. The first-order valence-corrected chi connectivity index (χ1v) is 8.44. The molecule has 118 valence electrons. The molecule has 0 radical (unpaired) electrons. The van der Waals surface area contributed by atoms with Gasteiger partial charge in [-0.25, -0.2) is 0 Å². The maximum Gasteiger partial charge on any atom is 0.241 e. The van der Waals surface area contributed by atoms with Crippen LogP contribution in [0, 0.1) is 5.41 Å². The molecule has 3 aliphatic rings. The van der Waals surface area contributed by atoms with Crippen LogP contribution in [0.25, 0.3) is 0 Å². The van der Waals surface area contributed by atoms with E-state index in [0.717, 1.165) is 51.4 Å². The number of amides is 1. The van der Waals surface area contributed by atoms with E-state index in [-0.39, 0.29) is 5.91 Å². The zero-order valence-corrected chi connectivity index (χ0v) is 13.1. The molecule has 4 heteroatoms. The van der Waals surface area contributed by atoms with E-state index in [1.54, 1.807) is 0 Å². The summed E-state index contributed by atoms with van der Waals surface area (Å²) in [4.78, 5) is 17.1. The topological polar surface area (TPSA) is 32.8 Å². The number of hydrogen-bond acceptors (Lipinski definition) is 3. The molecule has 0 N–H and O–H groups in total. The summed E-state index contributed by atoms with van der Waals surface area (Å²) in [7, 11) is 0. The molecule has 3 aliphatic heterocycles. The van der Waals surface area contributed by atoms with Crippen molar-refractivity contribution in [3.8, 4) is 0 Å². The zero-order chi connectivity index (χ0) is 15.0. The molecule has 0 aromatic heterocycles. The lowest BCUT2D eigenvalue weighted by Crippen LogP contribution is -2.48. The summed E-state index contributed by atoms with van der Waals surface area (Å²) in [6, 6.07) is 8.29. The summed E-state index contributed by atoms with van der Waals surface area (Å²) in [5.74, 6) is 0.251. The van der Waals surface area contributed by atoms with Crippen LogP contribution >= 0.6 is 0 Å². The Hall–Kier alpha value is -1.39. The lowest BCUT2D eigenvalue weighted by molar-refractivity contribution is -0.120. The van der Waals surface area contributed by atoms with E-state index in [2.05, 4.69) is 23.1 Å². The van der Waals surface area contributed by atoms with Crippen LogP contribution in [-0.4, -0.2) is 50.2 Å². The SMILES string of the molecule is O=C(CN1CCCC2(CCOC2)C1)N1CCc2ccccc21. The predicted molar refractivity (Wildman–Crippen MR) is 86.0 cm³/mol. The Bertz CT molecular complexity index is 566. The number of carbonyl (C=O) groups is 1. The van der Waals surface area contributed by atoms with Gasteiger partial charge >= 0.3 is 0 Å². The highest BCUT2D eigenvalue weighted by Crippen LogP contribution is 2.37. The van der Waals surface area contributed by atoms with Gasteiger partial charge in [-0.3, -0.25) is 9.69 Å². The summed E-state index contributed by atoms with van der Waals surface area (Å²) in [6.45, 7) is 5.22. The van der Waals surface area contributed by atoms with Gasteiger partial charge < -0.3 is 9.64 Å². The van der Waals surface area contributed by atoms with Crippen LogP contribution in [0.3, 0.4) is 0 Å². The van der Waals surface area contributed by atoms with Crippen LogP contribution in [0.5, 0.6) is 0 Å². The number of benzene rings is 1. The molecule has 4 nitrogen and oxygen atoms in total. The average molecular weight is 300 g/mol. The van der Waals surface area contributed by atoms with E-state index < -0.39 is 0 Å². The van der Waals surface area contributed by atoms with Crippen LogP contribution in [-0.2, 0) is 16.0 Å². The van der Waals surface area contributed by atoms with E-state index in [0.29, 0.717) is 12.0 Å². The Morgan fingerprint density at radius 1 is 1.23 bits per heavy atom. The number of para-hydroxylation sites is 1. The first-order chi connectivity index (χ1) is 10.8. The fourth-order valence-electron chi connectivity index (χ4n) is 4.29. The van der Waals surface area contributed by atoms with Crippen LogP contribution in [0.2, 0.25) is 0 Å². The van der Waals surface area contributed by atoms with Crippen molar-refractivity contribution in [2.24, 2.45) is 5.41 Å². The molecule has 0 saturated carbocycles. The molecule has 4 rings (SSSR count). The van der Waals surface area contributed by atoms with Gasteiger partial charge in [0.25, 0.3) is 0 Å². The quantitative estimate of drug-likeness (QED) is 0.838. The second-order valence-corrected chi connectivity index (χ2v) is 7.04. The second kappa shape index (κ2) is 5.67. The summed E-state index contributed by atoms with van der Waals surface area (Å²) in [6.07, 6.45) is 4.58. The lowest BCUT2D eigenvalue weighted by atomic mass is 9.79. The van der Waals surface area contributed by atoms with Crippen molar-refractivity contribution in [3.63, 3.8) is 0 Å². The molecule has 3 heterocycles. The highest BCUT2D eigenvalue weighted by atomic mass is 16.5. The molecule has 1 atom stereocenters. The molecule has 1 aromatic rings. The maximum atomic E-state index is 12.7. The molecule has 0 aliphatic carbocycles. The summed E-state index contributed by atoms with van der Waals surface area (Å²) in [5, 5.41) is 0. The number of likely N-dealkylation sites (tertiary alicyclic amines) is 1. The van der Waals surface area contributed by atoms with Gasteiger partial charge in [0.15, 0.2) is 0 Å². The van der Waals surface area contributed by atoms with E-state index in [1.807, 2.05) is 11.0 Å². The molecule has 1 unspecified atom stereocenters. The number of fused-ring (bicyclic) bond motifs is 1. The Morgan fingerprint density at radius 2 is 2.14 bits per heavy atom. The van der Waals surface area contributed by atoms with Crippen molar-refractivity contribution < 1.29 is 9.53 Å². The van der Waals surface area contributed by atoms with Gasteiger partial charge in [0.05, 0.1) is 13.2 Å². The van der Waals surface area contributed by atoms with Gasteiger partial charge in [-0.2, -0.15) is 0 Å². The third kappa shape index (κ3) is 2.55. The highest BCUT2D eigenvalue weighted by molar-refractivity contribution is 5.96. The Balaban J connectivity index is 1.42. The maximum absolute atomic E-state index is 12.7. The van der Waals surface area contributed by atoms with E-state index >= 15 is 0 Å². The van der Waals surface area contributed by atoms with Gasteiger partial charge in [-0.1, -0.05) is 18.2 Å². The second-order valence-electron chi connectivity index (χ2n) is 7.04. The van der Waals surface area contributed by atoms with Crippen molar-refractivity contribution in [1.82, 2.24) is 4.90 Å². The number of rotatable bonds is 2. The summed E-state index contributed by atoms with van der Waals surface area (Å²) < 4.78 is 5.62. The molecule has 22 heavy (non-hydrogen) atoms. The third-order valence-electron chi connectivity index (χ3n) is 5.47. The van der Waals surface area contributed by atoms with E-state index in [4.69, 9.17) is 4.74 Å². The van der Waals surface area contributed by atoms with Crippen LogP contribution < -0.4 is 4.90 Å². The number of piperidine rings is 1. The summed E-state index contributed by atoms with van der Waals surface area (Å²) >= 11 is 0. The predicted octanol–water partition coefficient (Wildman–Crippen LogP) is 2.08. The van der Waals surface area contributed by atoms with Crippen molar-refractivity contribution in [1.29, 1.82) is 0 Å². The van der Waals surface area contributed by atoms with Crippen molar-refractivity contribution in [2.75, 3.05) is 44.3 Å². The first-order valence-electron chi connectivity index (χ1n) is 8.44. The monoisotopic (exact) mass is 300 g/mol. The van der Waals surface area contributed by atoms with E-state index in [9.17, 15) is 4.79 Å². The molecule has 2 saturated heterocycles. The van der Waals surface area contributed by atoms with Crippen LogP contribution in [0.15, 0.2) is 24.3 Å². The Labute approximate surface area is 132 Å². The average Bonchev–Trinajstić information content (AvgIpc) is 3.14. The molecular formula is C18H24N2O2. The van der Waals surface area contributed by atoms with Gasteiger partial charge in [0, 0.05) is 30.8 Å². The Kier molecular flexibility index (Phi) is 3.66. The van der Waals surface area contributed by atoms with Crippen molar-refractivity contribution in [2.45, 2.75) is 25.7 Å². The molecule has 1 spiro atoms. The normalized spacial score (nSPS) is 28.3. The molecule has 2 fully saturated rings. The van der Waals surface area contributed by atoms with Crippen molar-refractivity contribution in [3.05, 3.63) is 29.8 Å². The van der Waals surface area contributed by atoms with Gasteiger partial charge in [0.2, 0.25) is 5.91 Å². The first kappa shape index (κ1) is 14.2. The molecule has 1 aromatic carbocycles. The largest absolute Gasteiger partial charge is 0.381 e. The number of anilines is 1. The van der Waals surface area contributed by atoms with Crippen molar-refractivity contribution >= 4 is 11.6 Å². The number of ether oxygens (including phenoxy) is 1. The minimum Gasteiger partial charge on any atom is -0.381 e. The van der Waals surface area contributed by atoms with E-state index in [1.165, 1.54) is 18.4 Å². The standard InChI is InChI=1S/C18H24N2O2/c21-17(20-10-6-15-4-1-2-5-16(15)20)12-19-9-3-7-18(13-19)8-11-22-14-18/h1-2,4-5H,3,6-14H2. The van der Waals surface area contributed by atoms with Gasteiger partial charge in [0.1, 0.15) is 0 Å². The fourth-order valence-corrected chi connectivity index (χ4v) is 4.29. The fraction of sp³-hybridized carbons (Fsp3) is 0.611. The zero-order valence-electron chi connectivity index (χ0n) is 13.1. The number of nitrogens with zero attached hydrogens (tertiary/aromatic N) is 2. The minimum atomic E-state index is 0.251. The molecular weight excluding hydrogens is 276 g/mol. The Morgan fingerprint density at radius 3 is 3.00 bits per heavy atom. The number of carbonyl (C=O) groups excluding carboxylic acids is 1. The third-order valence-corrected chi connectivity index (χ3v) is 5.47. The van der Waals surface area contributed by atoms with Crippen LogP contribution in [0.4, 0.5) is 5.69 Å². The lowest BCUT2D eigenvalue weighted by Gasteiger charge is -2.39. The van der Waals surface area contributed by atoms with Gasteiger partial charge in [-0.15, -0.1) is 0 Å². The number of hydrogen-bond donors (Lipinski definition) is 0. The molecule has 0 bridgehead atoms. The summed E-state index contributed by atoms with van der Waals surface area (Å²) in [5.41, 5.74) is 2.74. The molecule has 1 amide bonds. The van der Waals surface area contributed by atoms with Crippen LogP contribution in [0.1, 0.15) is 24.8 Å². The smallest absolute Gasteiger partial charge is 0.241 e.